The molecule has 0 unspecified atom stereocenters. The quantitative estimate of drug-likeness (QED) is 0.371. The summed E-state index contributed by atoms with van der Waals surface area (Å²) in [5.74, 6) is -4.96. The third-order valence-corrected chi connectivity index (χ3v) is 4.29. The highest BCUT2D eigenvalue weighted by molar-refractivity contribution is 5.93. The first-order valence-corrected chi connectivity index (χ1v) is 9.34. The molecular formula is C20H30N2O8. The summed E-state index contributed by atoms with van der Waals surface area (Å²) in [5.41, 5.74) is 0.429. The maximum absolute atomic E-state index is 11.9. The Hall–Kier alpha value is -2.98. The van der Waals surface area contributed by atoms with E-state index in [0.717, 1.165) is 29.9 Å². The molecule has 0 spiro atoms. The van der Waals surface area contributed by atoms with E-state index in [1.165, 1.54) is 0 Å². The molecule has 0 atom stereocenters. The smallest absolute Gasteiger partial charge is 0.336 e. The van der Waals surface area contributed by atoms with Crippen molar-refractivity contribution in [1.82, 2.24) is 4.90 Å². The summed E-state index contributed by atoms with van der Waals surface area (Å²) >= 11 is 0. The van der Waals surface area contributed by atoms with Crippen LogP contribution in [0.15, 0.2) is 18.2 Å². The Kier molecular flexibility index (Phi) is 11.3. The number of amides is 1. The van der Waals surface area contributed by atoms with Gasteiger partial charge in [0.05, 0.1) is 19.4 Å². The summed E-state index contributed by atoms with van der Waals surface area (Å²) in [6, 6.07) is 6.03. The number of aliphatic carboxylic acids is 3. The van der Waals surface area contributed by atoms with Crippen molar-refractivity contribution < 1.29 is 39.6 Å². The molecule has 0 aliphatic carbocycles. The molecule has 1 aromatic rings. The number of nitrogens with zero attached hydrogens (tertiary/aromatic N) is 1. The number of aryl methyl sites for hydroxylation is 2. The van der Waals surface area contributed by atoms with Crippen LogP contribution >= 0.6 is 0 Å². The van der Waals surface area contributed by atoms with Gasteiger partial charge < -0.3 is 25.7 Å². The second-order valence-electron chi connectivity index (χ2n) is 6.75. The van der Waals surface area contributed by atoms with Gasteiger partial charge in [0.25, 0.3) is 0 Å². The third kappa shape index (κ3) is 9.48. The van der Waals surface area contributed by atoms with Gasteiger partial charge in [0.15, 0.2) is 5.60 Å². The number of carbonyl (C=O) groups is 4. The number of benzene rings is 1. The van der Waals surface area contributed by atoms with Crippen LogP contribution in [0.3, 0.4) is 0 Å². The zero-order chi connectivity index (χ0) is 23.5. The van der Waals surface area contributed by atoms with Crippen molar-refractivity contribution in [2.45, 2.75) is 46.1 Å². The number of carboxylic acids is 3. The van der Waals surface area contributed by atoms with E-state index in [1.54, 1.807) is 0 Å². The number of nitrogens with one attached hydrogen (secondary N) is 1. The molecule has 10 nitrogen and oxygen atoms in total. The van der Waals surface area contributed by atoms with Gasteiger partial charge in [0, 0.05) is 5.69 Å². The summed E-state index contributed by atoms with van der Waals surface area (Å²) in [5, 5.41) is 36.8. The van der Waals surface area contributed by atoms with Crippen LogP contribution in [0.2, 0.25) is 0 Å². The largest absolute Gasteiger partial charge is 0.481 e. The van der Waals surface area contributed by atoms with Gasteiger partial charge in [0.2, 0.25) is 5.91 Å². The topological polar surface area (TPSA) is 164 Å². The van der Waals surface area contributed by atoms with E-state index in [4.69, 9.17) is 20.4 Å². The number of aliphatic hydroxyl groups is 1. The third-order valence-electron chi connectivity index (χ3n) is 4.29. The van der Waals surface area contributed by atoms with Gasteiger partial charge in [0.1, 0.15) is 0 Å². The number of hydrogen-bond donors (Lipinski definition) is 5. The SMILES string of the molecule is CCN(CC)CC(=O)Nc1c(C)cccc1C.O=C(O)CC(O)(CC(=O)O)C(=O)O. The highest BCUT2D eigenvalue weighted by atomic mass is 16.4. The van der Waals surface area contributed by atoms with Crippen molar-refractivity contribution in [3.05, 3.63) is 29.3 Å². The minimum atomic E-state index is -2.74. The van der Waals surface area contributed by atoms with E-state index in [9.17, 15) is 19.2 Å². The highest BCUT2D eigenvalue weighted by Crippen LogP contribution is 2.19. The fourth-order valence-electron chi connectivity index (χ4n) is 2.55. The number of carboxylic acid groups (broad SMARTS) is 3. The predicted octanol–water partition coefficient (Wildman–Crippen LogP) is 1.34. The van der Waals surface area contributed by atoms with Gasteiger partial charge in [-0.1, -0.05) is 32.0 Å². The first-order chi connectivity index (χ1) is 13.9. The van der Waals surface area contributed by atoms with Crippen LogP contribution in [-0.2, 0) is 19.2 Å². The van der Waals surface area contributed by atoms with Gasteiger partial charge >= 0.3 is 17.9 Å². The molecule has 1 amide bonds. The van der Waals surface area contributed by atoms with E-state index in [1.807, 2.05) is 32.0 Å². The molecule has 0 heterocycles. The fraction of sp³-hybridized carbons (Fsp3) is 0.500. The summed E-state index contributed by atoms with van der Waals surface area (Å²) in [7, 11) is 0. The van der Waals surface area contributed by atoms with Gasteiger partial charge in [-0.05, 0) is 38.1 Å². The van der Waals surface area contributed by atoms with E-state index in [0.29, 0.717) is 6.54 Å². The molecule has 0 bridgehead atoms. The molecule has 10 heteroatoms. The Morgan fingerprint density at radius 1 is 0.933 bits per heavy atom. The highest BCUT2D eigenvalue weighted by Gasteiger charge is 2.40. The van der Waals surface area contributed by atoms with Gasteiger partial charge in [-0.15, -0.1) is 0 Å². The lowest BCUT2D eigenvalue weighted by Crippen LogP contribution is -2.42. The lowest BCUT2D eigenvalue weighted by molar-refractivity contribution is -0.170. The molecule has 0 radical (unpaired) electrons. The molecule has 0 fully saturated rings. The van der Waals surface area contributed by atoms with Crippen molar-refractivity contribution in [2.75, 3.05) is 25.0 Å². The van der Waals surface area contributed by atoms with Crippen LogP contribution in [0.4, 0.5) is 5.69 Å². The van der Waals surface area contributed by atoms with Crippen molar-refractivity contribution >= 4 is 29.5 Å². The van der Waals surface area contributed by atoms with Crippen molar-refractivity contribution in [2.24, 2.45) is 0 Å². The Labute approximate surface area is 175 Å². The standard InChI is InChI=1S/C14H22N2O.C6H8O7/c1-5-16(6-2)10-13(17)15-14-11(3)8-7-9-12(14)4;7-3(8)1-6(13,5(11)12)2-4(9)10/h7-9H,5-6,10H2,1-4H3,(H,15,17);13H,1-2H2,(H,7,8)(H,9,10)(H,11,12). The lowest BCUT2D eigenvalue weighted by Gasteiger charge is -2.18. The molecule has 5 N–H and O–H groups in total. The van der Waals surface area contributed by atoms with E-state index >= 15 is 0 Å². The predicted molar refractivity (Wildman–Crippen MR) is 109 cm³/mol. The minimum Gasteiger partial charge on any atom is -0.481 e. The molecule has 1 aromatic carbocycles. The Bertz CT molecular complexity index is 723. The molecule has 0 aliphatic rings. The molecule has 1 rings (SSSR count). The normalized spacial score (nSPS) is 10.7. The van der Waals surface area contributed by atoms with E-state index in [-0.39, 0.29) is 5.91 Å². The van der Waals surface area contributed by atoms with Crippen molar-refractivity contribution in [3.63, 3.8) is 0 Å². The minimum absolute atomic E-state index is 0.0612. The monoisotopic (exact) mass is 426 g/mol. The number of carbonyl (C=O) groups excluding carboxylic acids is 1. The first kappa shape index (κ1) is 27.0. The van der Waals surface area contributed by atoms with Gasteiger partial charge in [-0.25, -0.2) is 4.79 Å². The maximum Gasteiger partial charge on any atom is 0.336 e. The lowest BCUT2D eigenvalue weighted by atomic mass is 9.96. The maximum atomic E-state index is 11.9. The summed E-state index contributed by atoms with van der Waals surface area (Å²) in [4.78, 5) is 44.5. The Balaban J connectivity index is 0.000000584. The Morgan fingerprint density at radius 2 is 1.37 bits per heavy atom. The van der Waals surface area contributed by atoms with Crippen LogP contribution in [0.5, 0.6) is 0 Å². The molecule has 168 valence electrons. The average molecular weight is 426 g/mol. The summed E-state index contributed by atoms with van der Waals surface area (Å²) < 4.78 is 0. The molecule has 0 saturated heterocycles. The fourth-order valence-corrected chi connectivity index (χ4v) is 2.55. The van der Waals surface area contributed by atoms with Crippen molar-refractivity contribution in [3.8, 4) is 0 Å². The van der Waals surface area contributed by atoms with Crippen LogP contribution in [-0.4, -0.2) is 74.4 Å². The van der Waals surface area contributed by atoms with Gasteiger partial charge in [-0.3, -0.25) is 19.3 Å². The number of rotatable bonds is 10. The van der Waals surface area contributed by atoms with Crippen molar-refractivity contribution in [1.29, 1.82) is 0 Å². The first-order valence-electron chi connectivity index (χ1n) is 9.34. The van der Waals surface area contributed by atoms with Crippen LogP contribution in [0.25, 0.3) is 0 Å². The second-order valence-corrected chi connectivity index (χ2v) is 6.75. The zero-order valence-corrected chi connectivity index (χ0v) is 17.6. The number of hydrogen-bond acceptors (Lipinski definition) is 6. The van der Waals surface area contributed by atoms with E-state index < -0.39 is 36.4 Å². The molecule has 0 aliphatic heterocycles. The van der Waals surface area contributed by atoms with Crippen LogP contribution in [0.1, 0.15) is 37.8 Å². The second kappa shape index (κ2) is 12.6. The molecule has 0 aromatic heterocycles. The number of anilines is 1. The average Bonchev–Trinajstić information content (AvgIpc) is 2.62. The number of para-hydroxylation sites is 1. The van der Waals surface area contributed by atoms with Crippen LogP contribution in [0, 0.1) is 13.8 Å². The molecule has 0 saturated carbocycles. The van der Waals surface area contributed by atoms with Crippen LogP contribution < -0.4 is 5.32 Å². The number of likely N-dealkylation sites (N-methyl/N-ethyl adjacent to an activating group) is 1. The molecular weight excluding hydrogens is 396 g/mol. The summed E-state index contributed by atoms with van der Waals surface area (Å²) in [6.07, 6.45) is -2.29. The van der Waals surface area contributed by atoms with E-state index in [2.05, 4.69) is 24.1 Å². The summed E-state index contributed by atoms with van der Waals surface area (Å²) in [6.45, 7) is 10.4. The molecule has 30 heavy (non-hydrogen) atoms. The van der Waals surface area contributed by atoms with Gasteiger partial charge in [-0.2, -0.15) is 0 Å². The Morgan fingerprint density at radius 3 is 1.70 bits per heavy atom. The zero-order valence-electron chi connectivity index (χ0n) is 17.6.